The van der Waals surface area contributed by atoms with Gasteiger partial charge < -0.3 is 15.6 Å². The van der Waals surface area contributed by atoms with Crippen molar-refractivity contribution in [1.29, 1.82) is 0 Å². The molecule has 1 heterocycles. The average Bonchev–Trinajstić information content (AvgIpc) is 2.64. The van der Waals surface area contributed by atoms with Gasteiger partial charge in [-0.15, -0.1) is 0 Å². The van der Waals surface area contributed by atoms with Gasteiger partial charge in [0.25, 0.3) is 0 Å². The van der Waals surface area contributed by atoms with Crippen LogP contribution in [0.4, 0.5) is 11.4 Å². The Balaban J connectivity index is 2.30. The Labute approximate surface area is 111 Å². The lowest BCUT2D eigenvalue weighted by Crippen LogP contribution is -2.10. The summed E-state index contributed by atoms with van der Waals surface area (Å²) in [5, 5.41) is 7.86. The third-order valence-corrected chi connectivity index (χ3v) is 3.24. The van der Waals surface area contributed by atoms with E-state index in [-0.39, 0.29) is 6.04 Å². The molecule has 1 aromatic heterocycles. The zero-order chi connectivity index (χ0) is 13.3. The van der Waals surface area contributed by atoms with Crippen molar-refractivity contribution in [2.24, 2.45) is 0 Å². The number of aromatic nitrogens is 1. The minimum absolute atomic E-state index is 0.0263. The minimum atomic E-state index is 0.0263. The molecule has 0 spiro atoms. The summed E-state index contributed by atoms with van der Waals surface area (Å²) in [5.41, 5.74) is 9.19. The molecule has 0 saturated heterocycles. The van der Waals surface area contributed by atoms with Crippen molar-refractivity contribution in [3.8, 4) is 0 Å². The number of rotatable bonds is 3. The Morgan fingerprint density at radius 2 is 2.11 bits per heavy atom. The molecular formula is C13H16ClN3O. The number of anilines is 2. The molecule has 0 aliphatic rings. The average molecular weight is 266 g/mol. The number of hydrogen-bond acceptors (Lipinski definition) is 4. The van der Waals surface area contributed by atoms with Crippen LogP contribution in [-0.4, -0.2) is 5.16 Å². The van der Waals surface area contributed by atoms with Crippen molar-refractivity contribution < 1.29 is 4.52 Å². The molecule has 2 rings (SSSR count). The van der Waals surface area contributed by atoms with Gasteiger partial charge in [-0.05, 0) is 32.9 Å². The van der Waals surface area contributed by atoms with Crippen molar-refractivity contribution in [1.82, 2.24) is 5.16 Å². The topological polar surface area (TPSA) is 64.1 Å². The highest BCUT2D eigenvalue weighted by Crippen LogP contribution is 2.32. The summed E-state index contributed by atoms with van der Waals surface area (Å²) >= 11 is 6.13. The first-order valence-corrected chi connectivity index (χ1v) is 6.11. The van der Waals surface area contributed by atoms with Crippen LogP contribution in [0.25, 0.3) is 0 Å². The number of aryl methyl sites for hydroxylation is 2. The third-order valence-electron chi connectivity index (χ3n) is 2.93. The highest BCUT2D eigenvalue weighted by Gasteiger charge is 2.17. The first kappa shape index (κ1) is 12.8. The zero-order valence-corrected chi connectivity index (χ0v) is 11.4. The van der Waals surface area contributed by atoms with Crippen LogP contribution in [0.3, 0.4) is 0 Å². The van der Waals surface area contributed by atoms with E-state index in [2.05, 4.69) is 10.5 Å². The quantitative estimate of drug-likeness (QED) is 0.831. The Bertz CT molecular complexity index is 526. The van der Waals surface area contributed by atoms with Gasteiger partial charge in [-0.2, -0.15) is 0 Å². The lowest BCUT2D eigenvalue weighted by atomic mass is 10.1. The summed E-state index contributed by atoms with van der Waals surface area (Å²) in [7, 11) is 0. The number of nitrogen functional groups attached to an aromatic ring is 1. The second-order valence-corrected chi connectivity index (χ2v) is 4.72. The highest BCUT2D eigenvalue weighted by atomic mass is 35.5. The van der Waals surface area contributed by atoms with Crippen LogP contribution < -0.4 is 11.1 Å². The molecule has 0 fully saturated rings. The molecule has 2 aromatic rings. The summed E-state index contributed by atoms with van der Waals surface area (Å²) < 4.78 is 5.16. The molecule has 0 saturated carbocycles. The zero-order valence-electron chi connectivity index (χ0n) is 10.6. The Hall–Kier alpha value is -1.68. The maximum atomic E-state index is 6.13. The summed E-state index contributed by atoms with van der Waals surface area (Å²) in [6.07, 6.45) is 0. The molecular weight excluding hydrogens is 250 g/mol. The highest BCUT2D eigenvalue weighted by molar-refractivity contribution is 6.33. The fourth-order valence-electron chi connectivity index (χ4n) is 2.09. The number of halogens is 1. The van der Waals surface area contributed by atoms with Gasteiger partial charge in [0.1, 0.15) is 5.76 Å². The van der Waals surface area contributed by atoms with Crippen LogP contribution in [0, 0.1) is 13.8 Å². The third kappa shape index (κ3) is 2.29. The fraction of sp³-hybridized carbons (Fsp3) is 0.308. The minimum Gasteiger partial charge on any atom is -0.397 e. The molecule has 3 N–H and O–H groups in total. The SMILES string of the molecule is Cc1noc(C)c1C(C)Nc1c(N)cccc1Cl. The monoisotopic (exact) mass is 265 g/mol. The normalized spacial score (nSPS) is 12.4. The molecule has 0 bridgehead atoms. The molecule has 18 heavy (non-hydrogen) atoms. The number of hydrogen-bond donors (Lipinski definition) is 2. The molecule has 0 aliphatic heterocycles. The van der Waals surface area contributed by atoms with E-state index in [1.807, 2.05) is 32.9 Å². The van der Waals surface area contributed by atoms with Crippen molar-refractivity contribution >= 4 is 23.0 Å². The fourth-order valence-corrected chi connectivity index (χ4v) is 2.33. The van der Waals surface area contributed by atoms with E-state index in [4.69, 9.17) is 21.9 Å². The van der Waals surface area contributed by atoms with Gasteiger partial charge in [0.2, 0.25) is 0 Å². The van der Waals surface area contributed by atoms with E-state index in [1.165, 1.54) is 0 Å². The summed E-state index contributed by atoms with van der Waals surface area (Å²) in [6, 6.07) is 5.47. The molecule has 5 heteroatoms. The predicted molar refractivity (Wildman–Crippen MR) is 73.9 cm³/mol. The first-order valence-electron chi connectivity index (χ1n) is 5.74. The number of nitrogens with zero attached hydrogens (tertiary/aromatic N) is 1. The largest absolute Gasteiger partial charge is 0.397 e. The van der Waals surface area contributed by atoms with Gasteiger partial charge in [0.05, 0.1) is 28.1 Å². The molecule has 0 radical (unpaired) electrons. The molecule has 1 unspecified atom stereocenters. The van der Waals surface area contributed by atoms with Crippen molar-refractivity contribution in [2.75, 3.05) is 11.1 Å². The lowest BCUT2D eigenvalue weighted by molar-refractivity contribution is 0.392. The van der Waals surface area contributed by atoms with Gasteiger partial charge in [-0.3, -0.25) is 0 Å². The standard InChI is InChI=1S/C13H16ClN3O/c1-7(12-8(2)17-18-9(12)3)16-13-10(14)5-4-6-11(13)15/h4-7,16H,15H2,1-3H3. The lowest BCUT2D eigenvalue weighted by Gasteiger charge is -2.17. The van der Waals surface area contributed by atoms with Gasteiger partial charge in [-0.1, -0.05) is 22.8 Å². The van der Waals surface area contributed by atoms with Crippen LogP contribution in [0.5, 0.6) is 0 Å². The van der Waals surface area contributed by atoms with Crippen LogP contribution in [0.2, 0.25) is 5.02 Å². The van der Waals surface area contributed by atoms with E-state index in [9.17, 15) is 0 Å². The molecule has 1 aromatic carbocycles. The van der Waals surface area contributed by atoms with Gasteiger partial charge in [0, 0.05) is 5.56 Å². The smallest absolute Gasteiger partial charge is 0.139 e. The summed E-state index contributed by atoms with van der Waals surface area (Å²) in [6.45, 7) is 5.83. The maximum absolute atomic E-state index is 6.13. The number of nitrogens with two attached hydrogens (primary N) is 1. The van der Waals surface area contributed by atoms with Crippen LogP contribution in [0.1, 0.15) is 30.0 Å². The van der Waals surface area contributed by atoms with Gasteiger partial charge in [0.15, 0.2) is 0 Å². The van der Waals surface area contributed by atoms with E-state index in [0.29, 0.717) is 10.7 Å². The molecule has 1 atom stereocenters. The molecule has 0 amide bonds. The molecule has 0 aliphatic carbocycles. The second-order valence-electron chi connectivity index (χ2n) is 4.31. The van der Waals surface area contributed by atoms with Crippen molar-refractivity contribution in [3.63, 3.8) is 0 Å². The van der Waals surface area contributed by atoms with Gasteiger partial charge >= 0.3 is 0 Å². The van der Waals surface area contributed by atoms with E-state index in [1.54, 1.807) is 6.07 Å². The van der Waals surface area contributed by atoms with Crippen molar-refractivity contribution in [2.45, 2.75) is 26.8 Å². The molecule has 4 nitrogen and oxygen atoms in total. The number of benzene rings is 1. The van der Waals surface area contributed by atoms with E-state index < -0.39 is 0 Å². The van der Waals surface area contributed by atoms with Crippen LogP contribution in [0.15, 0.2) is 22.7 Å². The maximum Gasteiger partial charge on any atom is 0.139 e. The Morgan fingerprint density at radius 3 is 2.67 bits per heavy atom. The predicted octanol–water partition coefficient (Wildman–Crippen LogP) is 3.70. The van der Waals surface area contributed by atoms with Crippen LogP contribution in [-0.2, 0) is 0 Å². The number of para-hydroxylation sites is 1. The molecule has 96 valence electrons. The van der Waals surface area contributed by atoms with Gasteiger partial charge in [-0.25, -0.2) is 0 Å². The van der Waals surface area contributed by atoms with E-state index >= 15 is 0 Å². The number of nitrogens with one attached hydrogen (secondary N) is 1. The summed E-state index contributed by atoms with van der Waals surface area (Å²) in [4.78, 5) is 0. The van der Waals surface area contributed by atoms with Crippen LogP contribution >= 0.6 is 11.6 Å². The second kappa shape index (κ2) is 4.90. The Morgan fingerprint density at radius 1 is 1.39 bits per heavy atom. The van der Waals surface area contributed by atoms with Crippen molar-refractivity contribution in [3.05, 3.63) is 40.2 Å². The first-order chi connectivity index (χ1) is 8.50. The Kier molecular flexibility index (Phi) is 3.48. The van der Waals surface area contributed by atoms with E-state index in [0.717, 1.165) is 22.7 Å². The summed E-state index contributed by atoms with van der Waals surface area (Å²) in [5.74, 6) is 0.804.